The highest BCUT2D eigenvalue weighted by molar-refractivity contribution is 5.96. The van der Waals surface area contributed by atoms with Crippen LogP contribution in [0.5, 0.6) is 0 Å². The SMILES string of the molecule is CCCC(=O)NC(CCN1CC2CN(C(=O)c3c(C)ccnc3C)C[C@@H]2C1)c1ccccc1. The van der Waals surface area contributed by atoms with Gasteiger partial charge in [0, 0.05) is 45.3 Å². The minimum atomic E-state index is 0.0419. The van der Waals surface area contributed by atoms with Gasteiger partial charge >= 0.3 is 0 Å². The van der Waals surface area contributed by atoms with Crippen molar-refractivity contribution < 1.29 is 9.59 Å². The van der Waals surface area contributed by atoms with Gasteiger partial charge in [0.05, 0.1) is 17.3 Å². The summed E-state index contributed by atoms with van der Waals surface area (Å²) < 4.78 is 0. The maximum absolute atomic E-state index is 13.2. The summed E-state index contributed by atoms with van der Waals surface area (Å²) in [5.74, 6) is 1.30. The molecule has 1 N–H and O–H groups in total. The van der Waals surface area contributed by atoms with Gasteiger partial charge in [0.2, 0.25) is 5.91 Å². The predicted molar refractivity (Wildman–Crippen MR) is 130 cm³/mol. The fraction of sp³-hybridized carbons (Fsp3) is 0.519. The number of hydrogen-bond donors (Lipinski definition) is 1. The molecule has 0 saturated carbocycles. The van der Waals surface area contributed by atoms with Gasteiger partial charge in [-0.3, -0.25) is 14.6 Å². The Hall–Kier alpha value is -2.73. The normalized spacial score (nSPS) is 21.1. The van der Waals surface area contributed by atoms with Crippen LogP contribution < -0.4 is 5.32 Å². The number of aromatic nitrogens is 1. The van der Waals surface area contributed by atoms with Crippen LogP contribution in [0.25, 0.3) is 0 Å². The summed E-state index contributed by atoms with van der Waals surface area (Å²) in [5.41, 5.74) is 3.75. The van der Waals surface area contributed by atoms with Crippen molar-refractivity contribution >= 4 is 11.8 Å². The molecule has 3 heterocycles. The fourth-order valence-electron chi connectivity index (χ4n) is 5.43. The highest BCUT2D eigenvalue weighted by atomic mass is 16.2. The topological polar surface area (TPSA) is 65.5 Å². The van der Waals surface area contributed by atoms with Crippen molar-refractivity contribution in [2.75, 3.05) is 32.7 Å². The summed E-state index contributed by atoms with van der Waals surface area (Å²) in [5, 5.41) is 3.23. The molecule has 4 rings (SSSR count). The van der Waals surface area contributed by atoms with E-state index >= 15 is 0 Å². The molecular weight excluding hydrogens is 412 g/mol. The molecule has 2 fully saturated rings. The van der Waals surface area contributed by atoms with Crippen LogP contribution in [-0.4, -0.2) is 59.3 Å². The van der Waals surface area contributed by atoms with Gasteiger partial charge in [0.25, 0.3) is 5.91 Å². The van der Waals surface area contributed by atoms with Crippen LogP contribution in [0.3, 0.4) is 0 Å². The number of fused-ring (bicyclic) bond motifs is 1. The molecule has 2 unspecified atom stereocenters. The highest BCUT2D eigenvalue weighted by Crippen LogP contribution is 2.33. The van der Waals surface area contributed by atoms with Crippen LogP contribution in [0.15, 0.2) is 42.6 Å². The summed E-state index contributed by atoms with van der Waals surface area (Å²) in [6, 6.07) is 12.2. The zero-order valence-electron chi connectivity index (χ0n) is 20.1. The number of amides is 2. The molecule has 3 atom stereocenters. The molecule has 2 aromatic rings. The van der Waals surface area contributed by atoms with Gasteiger partial charge in [-0.05, 0) is 55.7 Å². The van der Waals surface area contributed by atoms with E-state index in [0.717, 1.165) is 62.4 Å². The van der Waals surface area contributed by atoms with Crippen molar-refractivity contribution in [2.24, 2.45) is 11.8 Å². The van der Waals surface area contributed by atoms with E-state index in [2.05, 4.69) is 27.3 Å². The molecule has 0 bridgehead atoms. The van der Waals surface area contributed by atoms with Crippen molar-refractivity contribution in [1.82, 2.24) is 20.1 Å². The number of carbonyl (C=O) groups excluding carboxylic acids is 2. The second-order valence-electron chi connectivity index (χ2n) is 9.65. The molecule has 33 heavy (non-hydrogen) atoms. The molecule has 0 spiro atoms. The Bertz CT molecular complexity index is 943. The number of carbonyl (C=O) groups is 2. The number of rotatable bonds is 8. The van der Waals surface area contributed by atoms with Gasteiger partial charge in [0.15, 0.2) is 0 Å². The largest absolute Gasteiger partial charge is 0.349 e. The average Bonchev–Trinajstić information content (AvgIpc) is 3.36. The molecule has 176 valence electrons. The summed E-state index contributed by atoms with van der Waals surface area (Å²) in [4.78, 5) is 34.3. The van der Waals surface area contributed by atoms with Gasteiger partial charge in [-0.2, -0.15) is 0 Å². The second kappa shape index (κ2) is 10.5. The molecule has 0 aliphatic carbocycles. The van der Waals surface area contributed by atoms with Crippen molar-refractivity contribution in [3.8, 4) is 0 Å². The lowest BCUT2D eigenvalue weighted by atomic mass is 10.0. The first-order chi connectivity index (χ1) is 16.0. The molecule has 2 aliphatic rings. The van der Waals surface area contributed by atoms with E-state index in [1.165, 1.54) is 5.56 Å². The Labute approximate surface area is 197 Å². The Morgan fingerprint density at radius 3 is 2.39 bits per heavy atom. The summed E-state index contributed by atoms with van der Waals surface area (Å²) in [6.07, 6.45) is 4.09. The fourth-order valence-corrected chi connectivity index (χ4v) is 5.43. The van der Waals surface area contributed by atoms with Crippen LogP contribution in [-0.2, 0) is 4.79 Å². The number of aryl methyl sites for hydroxylation is 2. The second-order valence-corrected chi connectivity index (χ2v) is 9.65. The number of pyridine rings is 1. The molecule has 1 aromatic heterocycles. The van der Waals surface area contributed by atoms with Crippen LogP contribution in [0.1, 0.15) is 59.4 Å². The number of likely N-dealkylation sites (tertiary alicyclic amines) is 2. The van der Waals surface area contributed by atoms with Crippen molar-refractivity contribution in [3.05, 3.63) is 65.0 Å². The molecule has 6 nitrogen and oxygen atoms in total. The number of nitrogens with one attached hydrogen (secondary N) is 1. The molecule has 0 radical (unpaired) electrons. The summed E-state index contributed by atoms with van der Waals surface area (Å²) in [6.45, 7) is 10.6. The number of benzene rings is 1. The quantitative estimate of drug-likeness (QED) is 0.668. The molecular formula is C27H36N4O2. The highest BCUT2D eigenvalue weighted by Gasteiger charge is 2.42. The Kier molecular flexibility index (Phi) is 7.43. The first kappa shape index (κ1) is 23.4. The first-order valence-corrected chi connectivity index (χ1v) is 12.2. The van der Waals surface area contributed by atoms with Crippen LogP contribution in [0.2, 0.25) is 0 Å². The third-order valence-electron chi connectivity index (χ3n) is 7.16. The standard InChI is InChI=1S/C27H36N4O2/c1-4-8-25(32)29-24(21-9-6-5-7-10-21)12-14-30-15-22-17-31(18-23(22)16-30)27(33)26-19(2)11-13-28-20(26)3/h5-7,9-11,13,22-24H,4,8,12,14-18H2,1-3H3,(H,29,32)/t22-,23?,24?/m0/s1. The van der Waals surface area contributed by atoms with E-state index in [0.29, 0.717) is 18.3 Å². The van der Waals surface area contributed by atoms with E-state index < -0.39 is 0 Å². The maximum Gasteiger partial charge on any atom is 0.255 e. The number of nitrogens with zero attached hydrogens (tertiary/aromatic N) is 3. The molecule has 2 amide bonds. The van der Waals surface area contributed by atoms with Gasteiger partial charge in [0.1, 0.15) is 0 Å². The van der Waals surface area contributed by atoms with E-state index in [9.17, 15) is 9.59 Å². The van der Waals surface area contributed by atoms with E-state index in [4.69, 9.17) is 0 Å². The van der Waals surface area contributed by atoms with E-state index in [-0.39, 0.29) is 17.9 Å². The van der Waals surface area contributed by atoms with E-state index in [1.807, 2.05) is 49.9 Å². The van der Waals surface area contributed by atoms with Gasteiger partial charge in [-0.15, -0.1) is 0 Å². The third-order valence-corrected chi connectivity index (χ3v) is 7.16. The van der Waals surface area contributed by atoms with Gasteiger partial charge in [-0.1, -0.05) is 37.3 Å². The van der Waals surface area contributed by atoms with Crippen molar-refractivity contribution in [3.63, 3.8) is 0 Å². The van der Waals surface area contributed by atoms with Crippen molar-refractivity contribution in [2.45, 2.75) is 46.1 Å². The third kappa shape index (κ3) is 5.44. The lowest BCUT2D eigenvalue weighted by molar-refractivity contribution is -0.121. The lowest BCUT2D eigenvalue weighted by Crippen LogP contribution is -2.35. The molecule has 2 saturated heterocycles. The minimum Gasteiger partial charge on any atom is -0.349 e. The van der Waals surface area contributed by atoms with Crippen LogP contribution in [0.4, 0.5) is 0 Å². The average molecular weight is 449 g/mol. The Morgan fingerprint density at radius 1 is 1.06 bits per heavy atom. The van der Waals surface area contributed by atoms with Crippen LogP contribution >= 0.6 is 0 Å². The summed E-state index contributed by atoms with van der Waals surface area (Å²) >= 11 is 0. The lowest BCUT2D eigenvalue weighted by Gasteiger charge is -2.25. The molecule has 6 heteroatoms. The van der Waals surface area contributed by atoms with Gasteiger partial charge < -0.3 is 15.1 Å². The zero-order valence-corrected chi connectivity index (χ0v) is 20.1. The molecule has 2 aliphatic heterocycles. The first-order valence-electron chi connectivity index (χ1n) is 12.2. The van der Waals surface area contributed by atoms with E-state index in [1.54, 1.807) is 6.20 Å². The number of hydrogen-bond acceptors (Lipinski definition) is 4. The van der Waals surface area contributed by atoms with Crippen molar-refractivity contribution in [1.29, 1.82) is 0 Å². The smallest absolute Gasteiger partial charge is 0.255 e. The zero-order chi connectivity index (χ0) is 23.4. The summed E-state index contributed by atoms with van der Waals surface area (Å²) in [7, 11) is 0. The van der Waals surface area contributed by atoms with Gasteiger partial charge in [-0.25, -0.2) is 0 Å². The predicted octanol–water partition coefficient (Wildman–Crippen LogP) is 3.75. The van der Waals surface area contributed by atoms with Crippen LogP contribution in [0, 0.1) is 25.7 Å². The monoisotopic (exact) mass is 448 g/mol. The maximum atomic E-state index is 13.2. The Morgan fingerprint density at radius 2 is 1.76 bits per heavy atom. The minimum absolute atomic E-state index is 0.0419. The Balaban J connectivity index is 1.33. The molecule has 1 aromatic carbocycles.